The third-order valence-electron chi connectivity index (χ3n) is 5.93. The highest BCUT2D eigenvalue weighted by atomic mass is 19.4. The number of aromatic nitrogens is 3. The van der Waals surface area contributed by atoms with Gasteiger partial charge < -0.3 is 19.8 Å². The molecule has 0 amide bonds. The maximum atomic E-state index is 13.9. The first-order valence-corrected chi connectivity index (χ1v) is 10.2. The SMILES string of the molecule is CN1CCN(c2cnc(C(F)(F)F)c(-c3c[nH]cc3-c3c[nH]c4ccccc34)c2)CC1. The van der Waals surface area contributed by atoms with Crippen LogP contribution in [0.3, 0.4) is 0 Å². The number of halogens is 3. The highest BCUT2D eigenvalue weighted by Gasteiger charge is 2.37. The fourth-order valence-corrected chi connectivity index (χ4v) is 4.23. The molecule has 5 rings (SSSR count). The number of alkyl halides is 3. The summed E-state index contributed by atoms with van der Waals surface area (Å²) >= 11 is 0. The molecule has 160 valence electrons. The molecule has 0 bridgehead atoms. The van der Waals surface area contributed by atoms with Crippen molar-refractivity contribution in [2.45, 2.75) is 6.18 Å². The van der Waals surface area contributed by atoms with E-state index in [0.29, 0.717) is 16.8 Å². The van der Waals surface area contributed by atoms with Gasteiger partial charge in [-0.05, 0) is 19.2 Å². The predicted octanol–water partition coefficient (Wildman–Crippen LogP) is 5.00. The van der Waals surface area contributed by atoms with Gasteiger partial charge in [-0.15, -0.1) is 0 Å². The van der Waals surface area contributed by atoms with Gasteiger partial charge in [0, 0.05) is 77.9 Å². The van der Waals surface area contributed by atoms with E-state index < -0.39 is 11.9 Å². The van der Waals surface area contributed by atoms with Crippen LogP contribution in [0, 0.1) is 0 Å². The Bertz CT molecular complexity index is 1220. The largest absolute Gasteiger partial charge is 0.433 e. The Hall–Kier alpha value is -3.26. The van der Waals surface area contributed by atoms with Crippen LogP contribution in [0.2, 0.25) is 0 Å². The van der Waals surface area contributed by atoms with Crippen molar-refractivity contribution in [1.82, 2.24) is 19.9 Å². The summed E-state index contributed by atoms with van der Waals surface area (Å²) in [6, 6.07) is 9.38. The normalized spacial score (nSPS) is 15.7. The minimum absolute atomic E-state index is 0.0884. The van der Waals surface area contributed by atoms with Crippen molar-refractivity contribution in [3.63, 3.8) is 0 Å². The fourth-order valence-electron chi connectivity index (χ4n) is 4.23. The quantitative estimate of drug-likeness (QED) is 0.486. The summed E-state index contributed by atoms with van der Waals surface area (Å²) in [4.78, 5) is 14.4. The molecular weight excluding hydrogens is 403 g/mol. The minimum Gasteiger partial charge on any atom is -0.368 e. The zero-order valence-corrected chi connectivity index (χ0v) is 17.0. The van der Waals surface area contributed by atoms with Gasteiger partial charge in [-0.2, -0.15) is 13.2 Å². The number of likely N-dealkylation sites (N-methyl/N-ethyl adjacent to an activating group) is 1. The van der Waals surface area contributed by atoms with E-state index in [-0.39, 0.29) is 5.56 Å². The first-order valence-electron chi connectivity index (χ1n) is 10.2. The van der Waals surface area contributed by atoms with Gasteiger partial charge in [-0.25, -0.2) is 4.98 Å². The lowest BCUT2D eigenvalue weighted by molar-refractivity contribution is -0.140. The van der Waals surface area contributed by atoms with Crippen LogP contribution in [0.5, 0.6) is 0 Å². The molecule has 2 N–H and O–H groups in total. The van der Waals surface area contributed by atoms with Gasteiger partial charge in [-0.1, -0.05) is 18.2 Å². The van der Waals surface area contributed by atoms with Crippen LogP contribution in [-0.2, 0) is 6.18 Å². The van der Waals surface area contributed by atoms with Gasteiger partial charge >= 0.3 is 6.18 Å². The number of hydrogen-bond donors (Lipinski definition) is 2. The number of rotatable bonds is 3. The van der Waals surface area contributed by atoms with E-state index in [1.807, 2.05) is 37.5 Å². The van der Waals surface area contributed by atoms with E-state index in [2.05, 4.69) is 24.8 Å². The lowest BCUT2D eigenvalue weighted by Gasteiger charge is -2.34. The molecule has 1 aromatic carbocycles. The molecule has 0 aliphatic carbocycles. The summed E-state index contributed by atoms with van der Waals surface area (Å²) in [6.07, 6.45) is 1.99. The van der Waals surface area contributed by atoms with Crippen LogP contribution in [0.25, 0.3) is 33.2 Å². The van der Waals surface area contributed by atoms with E-state index in [9.17, 15) is 13.2 Å². The topological polar surface area (TPSA) is 50.9 Å². The Morgan fingerprint density at radius 2 is 1.61 bits per heavy atom. The lowest BCUT2D eigenvalue weighted by Crippen LogP contribution is -2.44. The van der Waals surface area contributed by atoms with Gasteiger partial charge in [0.1, 0.15) is 0 Å². The average molecular weight is 425 g/mol. The smallest absolute Gasteiger partial charge is 0.368 e. The Kier molecular flexibility index (Phi) is 4.74. The average Bonchev–Trinajstić information content (AvgIpc) is 3.40. The van der Waals surface area contributed by atoms with E-state index in [0.717, 1.165) is 42.6 Å². The number of pyridine rings is 1. The van der Waals surface area contributed by atoms with Gasteiger partial charge in [0.2, 0.25) is 0 Å². The van der Waals surface area contributed by atoms with Crippen LogP contribution in [-0.4, -0.2) is 53.1 Å². The second kappa shape index (κ2) is 7.46. The molecule has 1 fully saturated rings. The molecule has 0 atom stereocenters. The number of fused-ring (bicyclic) bond motifs is 1. The van der Waals surface area contributed by atoms with Crippen molar-refractivity contribution in [2.75, 3.05) is 38.1 Å². The lowest BCUT2D eigenvalue weighted by atomic mass is 9.97. The van der Waals surface area contributed by atoms with Crippen molar-refractivity contribution in [3.8, 4) is 22.3 Å². The van der Waals surface area contributed by atoms with Crippen LogP contribution >= 0.6 is 0 Å². The Labute approximate surface area is 177 Å². The molecule has 3 aromatic heterocycles. The van der Waals surface area contributed by atoms with E-state index in [1.54, 1.807) is 18.5 Å². The Morgan fingerprint density at radius 1 is 0.903 bits per heavy atom. The van der Waals surface area contributed by atoms with E-state index in [4.69, 9.17) is 0 Å². The zero-order valence-electron chi connectivity index (χ0n) is 17.0. The van der Waals surface area contributed by atoms with Crippen molar-refractivity contribution < 1.29 is 13.2 Å². The molecule has 1 saturated heterocycles. The van der Waals surface area contributed by atoms with Gasteiger partial charge in [-0.3, -0.25) is 0 Å². The summed E-state index contributed by atoms with van der Waals surface area (Å²) in [5.41, 5.74) is 2.91. The molecule has 8 heteroatoms. The summed E-state index contributed by atoms with van der Waals surface area (Å²) in [7, 11) is 2.04. The minimum atomic E-state index is -4.55. The molecule has 1 aliphatic heterocycles. The molecule has 31 heavy (non-hydrogen) atoms. The van der Waals surface area contributed by atoms with Crippen molar-refractivity contribution in [1.29, 1.82) is 0 Å². The summed E-state index contributed by atoms with van der Waals surface area (Å²) in [5.74, 6) is 0. The molecular formula is C23H22F3N5. The number of benzene rings is 1. The maximum Gasteiger partial charge on any atom is 0.433 e. The Morgan fingerprint density at radius 3 is 2.35 bits per heavy atom. The van der Waals surface area contributed by atoms with Crippen LogP contribution < -0.4 is 4.90 Å². The van der Waals surface area contributed by atoms with Gasteiger partial charge in [0.05, 0.1) is 11.9 Å². The number of nitrogens with zero attached hydrogens (tertiary/aromatic N) is 3. The monoisotopic (exact) mass is 425 g/mol. The molecule has 0 saturated carbocycles. The summed E-state index contributed by atoms with van der Waals surface area (Å²) in [5, 5.41) is 0.958. The van der Waals surface area contributed by atoms with Gasteiger partial charge in [0.15, 0.2) is 5.69 Å². The number of hydrogen-bond acceptors (Lipinski definition) is 3. The van der Waals surface area contributed by atoms with Crippen LogP contribution in [0.1, 0.15) is 5.69 Å². The number of aromatic amines is 2. The molecule has 0 radical (unpaired) electrons. The number of para-hydroxylation sites is 1. The summed E-state index contributed by atoms with van der Waals surface area (Å²) in [6.45, 7) is 3.24. The molecule has 0 unspecified atom stereocenters. The highest BCUT2D eigenvalue weighted by molar-refractivity contribution is 6.00. The number of nitrogens with one attached hydrogen (secondary N) is 2. The molecule has 4 aromatic rings. The number of H-pyrrole nitrogens is 2. The molecule has 4 heterocycles. The third kappa shape index (κ3) is 3.57. The molecule has 0 spiro atoms. The van der Waals surface area contributed by atoms with E-state index >= 15 is 0 Å². The standard InChI is InChI=1S/C23H22F3N5/c1-30-6-8-31(9-7-30)15-10-17(22(29-11-15)23(24,25)26)18-12-27-13-19(18)20-14-28-21-5-3-2-4-16(20)21/h2-5,10-14,27-28H,6-9H2,1H3. The zero-order chi connectivity index (χ0) is 21.6. The molecule has 5 nitrogen and oxygen atoms in total. The Balaban J connectivity index is 1.65. The maximum absolute atomic E-state index is 13.9. The third-order valence-corrected chi connectivity index (χ3v) is 5.93. The van der Waals surface area contributed by atoms with Crippen LogP contribution in [0.15, 0.2) is 55.1 Å². The first kappa shape index (κ1) is 19.7. The van der Waals surface area contributed by atoms with E-state index in [1.165, 1.54) is 6.20 Å². The highest BCUT2D eigenvalue weighted by Crippen LogP contribution is 2.42. The number of anilines is 1. The van der Waals surface area contributed by atoms with Crippen molar-refractivity contribution in [3.05, 3.63) is 60.8 Å². The van der Waals surface area contributed by atoms with Crippen molar-refractivity contribution in [2.24, 2.45) is 0 Å². The second-order valence-corrected chi connectivity index (χ2v) is 7.91. The number of piperazine rings is 1. The van der Waals surface area contributed by atoms with Gasteiger partial charge in [0.25, 0.3) is 0 Å². The van der Waals surface area contributed by atoms with Crippen molar-refractivity contribution >= 4 is 16.6 Å². The van der Waals surface area contributed by atoms with Crippen LogP contribution in [0.4, 0.5) is 18.9 Å². The summed E-state index contributed by atoms with van der Waals surface area (Å²) < 4.78 is 41.7. The second-order valence-electron chi connectivity index (χ2n) is 7.91. The predicted molar refractivity (Wildman–Crippen MR) is 116 cm³/mol. The molecule has 1 aliphatic rings. The fraction of sp³-hybridized carbons (Fsp3) is 0.261. The first-order chi connectivity index (χ1) is 14.9.